The maximum absolute atomic E-state index is 11.9. The molecular formula is C16H28N2O6. The van der Waals surface area contributed by atoms with Gasteiger partial charge in [-0.2, -0.15) is 0 Å². The zero-order chi connectivity index (χ0) is 18.2. The Bertz CT molecular complexity index is 446. The van der Waals surface area contributed by atoms with E-state index in [1.807, 2.05) is 6.92 Å². The number of carbonyl (C=O) groups excluding carboxylic acids is 2. The summed E-state index contributed by atoms with van der Waals surface area (Å²) in [4.78, 5) is 34.4. The van der Waals surface area contributed by atoms with Crippen LogP contribution in [0.1, 0.15) is 51.9 Å². The number of hydrogen-bond donors (Lipinski definition) is 3. The second-order valence-corrected chi connectivity index (χ2v) is 6.46. The van der Waals surface area contributed by atoms with E-state index in [-0.39, 0.29) is 12.2 Å². The standard InChI is InChI=1S/C16H28N2O6/c1-16(7-5-3-4-6-8-16)24-10-12(15(22)23-2)18-14(21)11(17)9-13(19)20/h11-12H,3-10,17H2,1-2H3,(H,18,21)(H,19,20)/t11-,12-/m0/s1. The van der Waals surface area contributed by atoms with Gasteiger partial charge in [-0.05, 0) is 19.8 Å². The lowest BCUT2D eigenvalue weighted by Gasteiger charge is -2.30. The highest BCUT2D eigenvalue weighted by Crippen LogP contribution is 2.30. The molecule has 0 unspecified atom stereocenters. The fraction of sp³-hybridized carbons (Fsp3) is 0.812. The lowest BCUT2D eigenvalue weighted by molar-refractivity contribution is -0.150. The number of aliphatic carboxylic acids is 1. The fourth-order valence-corrected chi connectivity index (χ4v) is 2.78. The zero-order valence-electron chi connectivity index (χ0n) is 14.4. The Morgan fingerprint density at radius 2 is 1.79 bits per heavy atom. The minimum atomic E-state index is -1.23. The molecule has 24 heavy (non-hydrogen) atoms. The third-order valence-electron chi connectivity index (χ3n) is 4.29. The number of amides is 1. The smallest absolute Gasteiger partial charge is 0.330 e. The van der Waals surface area contributed by atoms with Crippen molar-refractivity contribution < 1.29 is 29.0 Å². The number of nitrogens with one attached hydrogen (secondary N) is 1. The molecule has 0 aromatic carbocycles. The molecule has 0 aromatic heterocycles. The van der Waals surface area contributed by atoms with Crippen LogP contribution in [-0.2, 0) is 23.9 Å². The molecule has 4 N–H and O–H groups in total. The van der Waals surface area contributed by atoms with Crippen molar-refractivity contribution in [1.29, 1.82) is 0 Å². The van der Waals surface area contributed by atoms with Crippen LogP contribution in [0.2, 0.25) is 0 Å². The van der Waals surface area contributed by atoms with Crippen LogP contribution in [0.5, 0.6) is 0 Å². The Kier molecular flexibility index (Phi) is 8.14. The van der Waals surface area contributed by atoms with Crippen LogP contribution in [0, 0.1) is 0 Å². The maximum Gasteiger partial charge on any atom is 0.330 e. The summed E-state index contributed by atoms with van der Waals surface area (Å²) in [5.41, 5.74) is 5.17. The van der Waals surface area contributed by atoms with Crippen LogP contribution in [0.4, 0.5) is 0 Å². The highest BCUT2D eigenvalue weighted by Gasteiger charge is 2.31. The van der Waals surface area contributed by atoms with E-state index in [2.05, 4.69) is 10.1 Å². The second-order valence-electron chi connectivity index (χ2n) is 6.46. The monoisotopic (exact) mass is 344 g/mol. The van der Waals surface area contributed by atoms with E-state index in [1.54, 1.807) is 0 Å². The number of nitrogens with two attached hydrogens (primary N) is 1. The summed E-state index contributed by atoms with van der Waals surface area (Å²) in [6, 6.07) is -2.24. The summed E-state index contributed by atoms with van der Waals surface area (Å²) in [6.07, 6.45) is 5.74. The lowest BCUT2D eigenvalue weighted by atomic mass is 9.97. The van der Waals surface area contributed by atoms with Gasteiger partial charge in [0.05, 0.1) is 31.8 Å². The van der Waals surface area contributed by atoms with Crippen molar-refractivity contribution in [3.63, 3.8) is 0 Å². The lowest BCUT2D eigenvalue weighted by Crippen LogP contribution is -2.52. The van der Waals surface area contributed by atoms with Gasteiger partial charge in [-0.1, -0.05) is 25.7 Å². The number of rotatable bonds is 8. The number of methoxy groups -OCH3 is 1. The van der Waals surface area contributed by atoms with Crippen molar-refractivity contribution in [3.8, 4) is 0 Å². The Morgan fingerprint density at radius 3 is 2.29 bits per heavy atom. The highest BCUT2D eigenvalue weighted by molar-refractivity contribution is 5.89. The van der Waals surface area contributed by atoms with E-state index in [0.717, 1.165) is 25.7 Å². The molecule has 0 saturated heterocycles. The molecule has 0 radical (unpaired) electrons. The average molecular weight is 344 g/mol. The van der Waals surface area contributed by atoms with Crippen LogP contribution >= 0.6 is 0 Å². The van der Waals surface area contributed by atoms with Gasteiger partial charge in [-0.25, -0.2) is 4.79 Å². The van der Waals surface area contributed by atoms with Gasteiger partial charge in [-0.15, -0.1) is 0 Å². The number of carboxylic acid groups (broad SMARTS) is 1. The van der Waals surface area contributed by atoms with Crippen molar-refractivity contribution >= 4 is 17.8 Å². The number of esters is 1. The molecule has 1 aliphatic carbocycles. The van der Waals surface area contributed by atoms with E-state index in [9.17, 15) is 14.4 Å². The van der Waals surface area contributed by atoms with Gasteiger partial charge < -0.3 is 25.6 Å². The van der Waals surface area contributed by atoms with Gasteiger partial charge in [0.2, 0.25) is 5.91 Å². The van der Waals surface area contributed by atoms with Crippen LogP contribution in [0.3, 0.4) is 0 Å². The van der Waals surface area contributed by atoms with Gasteiger partial charge in [0.1, 0.15) is 0 Å². The molecule has 0 aromatic rings. The van der Waals surface area contributed by atoms with E-state index in [0.29, 0.717) is 0 Å². The zero-order valence-corrected chi connectivity index (χ0v) is 14.4. The normalized spacial score (nSPS) is 19.6. The molecule has 1 amide bonds. The molecule has 1 saturated carbocycles. The van der Waals surface area contributed by atoms with Gasteiger partial charge in [-0.3, -0.25) is 9.59 Å². The first-order valence-electron chi connectivity index (χ1n) is 8.27. The molecular weight excluding hydrogens is 316 g/mol. The Hall–Kier alpha value is -1.67. The minimum Gasteiger partial charge on any atom is -0.481 e. The topological polar surface area (TPSA) is 128 Å². The van der Waals surface area contributed by atoms with Crippen LogP contribution in [0.15, 0.2) is 0 Å². The number of carbonyl (C=O) groups is 3. The highest BCUT2D eigenvalue weighted by atomic mass is 16.5. The molecule has 0 spiro atoms. The van der Waals surface area contributed by atoms with Crippen LogP contribution < -0.4 is 11.1 Å². The first kappa shape index (κ1) is 20.4. The predicted octanol–water partition coefficient (Wildman–Crippen LogP) is 0.576. The third-order valence-corrected chi connectivity index (χ3v) is 4.29. The summed E-state index contributed by atoms with van der Waals surface area (Å²) in [6.45, 7) is 1.97. The predicted molar refractivity (Wildman–Crippen MR) is 86.2 cm³/mol. The second kappa shape index (κ2) is 9.58. The SMILES string of the molecule is COC(=O)[C@H](COC1(C)CCCCCC1)NC(=O)[C@@H](N)CC(=O)O. The maximum atomic E-state index is 11.9. The summed E-state index contributed by atoms with van der Waals surface area (Å²) >= 11 is 0. The summed E-state index contributed by atoms with van der Waals surface area (Å²) < 4.78 is 10.6. The molecule has 8 nitrogen and oxygen atoms in total. The molecule has 1 rings (SSSR count). The van der Waals surface area contributed by atoms with Crippen molar-refractivity contribution in [2.45, 2.75) is 69.6 Å². The first-order chi connectivity index (χ1) is 11.3. The molecule has 138 valence electrons. The summed E-state index contributed by atoms with van der Waals surface area (Å²) in [5.74, 6) is -2.56. The van der Waals surface area contributed by atoms with Crippen molar-refractivity contribution in [1.82, 2.24) is 5.32 Å². The van der Waals surface area contributed by atoms with Crippen molar-refractivity contribution in [2.75, 3.05) is 13.7 Å². The van der Waals surface area contributed by atoms with Crippen molar-refractivity contribution in [3.05, 3.63) is 0 Å². The van der Waals surface area contributed by atoms with E-state index >= 15 is 0 Å². The molecule has 0 aliphatic heterocycles. The summed E-state index contributed by atoms with van der Waals surface area (Å²) in [5, 5.41) is 11.1. The van der Waals surface area contributed by atoms with Crippen molar-refractivity contribution in [2.24, 2.45) is 5.73 Å². The molecule has 1 aliphatic rings. The largest absolute Gasteiger partial charge is 0.481 e. The fourth-order valence-electron chi connectivity index (χ4n) is 2.78. The van der Waals surface area contributed by atoms with Gasteiger partial charge in [0, 0.05) is 0 Å². The van der Waals surface area contributed by atoms with E-state index in [4.69, 9.17) is 15.6 Å². The Morgan fingerprint density at radius 1 is 1.21 bits per heavy atom. The van der Waals surface area contributed by atoms with E-state index in [1.165, 1.54) is 20.0 Å². The van der Waals surface area contributed by atoms with Gasteiger partial charge in [0.25, 0.3) is 0 Å². The first-order valence-corrected chi connectivity index (χ1v) is 8.27. The Labute approximate surface area is 142 Å². The summed E-state index contributed by atoms with van der Waals surface area (Å²) in [7, 11) is 1.21. The van der Waals surface area contributed by atoms with Crippen LogP contribution in [-0.4, -0.2) is 54.4 Å². The minimum absolute atomic E-state index is 0.0330. The number of ether oxygens (including phenoxy) is 2. The quantitative estimate of drug-likeness (QED) is 0.434. The van der Waals surface area contributed by atoms with Gasteiger partial charge in [0.15, 0.2) is 6.04 Å². The molecule has 2 atom stereocenters. The molecule has 0 bridgehead atoms. The Balaban J connectivity index is 2.63. The third kappa shape index (κ3) is 6.84. The van der Waals surface area contributed by atoms with E-state index < -0.39 is 36.4 Å². The molecule has 0 heterocycles. The number of hydrogen-bond acceptors (Lipinski definition) is 6. The average Bonchev–Trinajstić information content (AvgIpc) is 2.74. The molecule has 1 fully saturated rings. The molecule has 8 heteroatoms. The van der Waals surface area contributed by atoms with Crippen LogP contribution in [0.25, 0.3) is 0 Å². The van der Waals surface area contributed by atoms with Gasteiger partial charge >= 0.3 is 11.9 Å². The number of carboxylic acids is 1.